The van der Waals surface area contributed by atoms with Crippen LogP contribution in [0.5, 0.6) is 0 Å². The highest BCUT2D eigenvalue weighted by molar-refractivity contribution is 5.94. The van der Waals surface area contributed by atoms with E-state index in [1.807, 2.05) is 6.07 Å². The van der Waals surface area contributed by atoms with Crippen LogP contribution >= 0.6 is 0 Å². The SMILES string of the molecule is CCC(C)N1CCN(c2ccc(C(=O)N([O-])CCCCCCCCCCCCCCCCO[N+](=O)[O-])cn2)CC1. The van der Waals surface area contributed by atoms with Crippen molar-refractivity contribution in [3.05, 3.63) is 39.2 Å². The number of amides is 1. The van der Waals surface area contributed by atoms with Gasteiger partial charge < -0.3 is 20.0 Å². The maximum absolute atomic E-state index is 12.5. The Morgan fingerprint density at radius 1 is 0.925 bits per heavy atom. The minimum atomic E-state index is -0.724. The zero-order valence-electron chi connectivity index (χ0n) is 24.9. The number of carbonyl (C=O) groups is 1. The highest BCUT2D eigenvalue weighted by Gasteiger charge is 2.21. The highest BCUT2D eigenvalue weighted by Crippen LogP contribution is 2.17. The van der Waals surface area contributed by atoms with Crippen molar-refractivity contribution >= 4 is 11.7 Å². The van der Waals surface area contributed by atoms with E-state index < -0.39 is 11.0 Å². The number of unbranched alkanes of at least 4 members (excludes halogenated alkanes) is 13. The van der Waals surface area contributed by atoms with Crippen LogP contribution in [0.4, 0.5) is 5.82 Å². The summed E-state index contributed by atoms with van der Waals surface area (Å²) in [5.74, 6) is 0.373. The lowest BCUT2D eigenvalue weighted by atomic mass is 10.0. The van der Waals surface area contributed by atoms with Crippen LogP contribution in [0, 0.1) is 15.3 Å². The molecule has 1 aliphatic heterocycles. The van der Waals surface area contributed by atoms with Crippen LogP contribution < -0.4 is 4.90 Å². The van der Waals surface area contributed by atoms with E-state index in [2.05, 4.69) is 33.5 Å². The Hall–Kier alpha value is -2.46. The number of hydrogen-bond acceptors (Lipinski definition) is 8. The summed E-state index contributed by atoms with van der Waals surface area (Å²) < 4.78 is 0. The summed E-state index contributed by atoms with van der Waals surface area (Å²) in [5, 5.41) is 22.2. The molecule has 0 aromatic carbocycles. The molecule has 1 saturated heterocycles. The highest BCUT2D eigenvalue weighted by atomic mass is 16.9. The number of pyridine rings is 1. The van der Waals surface area contributed by atoms with Crippen LogP contribution in [-0.4, -0.2) is 71.3 Å². The molecule has 40 heavy (non-hydrogen) atoms. The molecule has 2 heterocycles. The van der Waals surface area contributed by atoms with E-state index in [0.717, 1.165) is 76.9 Å². The largest absolute Gasteiger partial charge is 0.756 e. The molecule has 1 aliphatic rings. The second-order valence-electron chi connectivity index (χ2n) is 11.1. The van der Waals surface area contributed by atoms with Gasteiger partial charge >= 0.3 is 0 Å². The van der Waals surface area contributed by atoms with Crippen molar-refractivity contribution in [2.45, 2.75) is 116 Å². The summed E-state index contributed by atoms with van der Waals surface area (Å²) >= 11 is 0. The van der Waals surface area contributed by atoms with Crippen molar-refractivity contribution in [3.63, 3.8) is 0 Å². The minimum absolute atomic E-state index is 0.212. The van der Waals surface area contributed by atoms with E-state index in [1.54, 1.807) is 12.3 Å². The average Bonchev–Trinajstić information content (AvgIpc) is 2.97. The second-order valence-corrected chi connectivity index (χ2v) is 11.1. The fourth-order valence-electron chi connectivity index (χ4n) is 5.21. The van der Waals surface area contributed by atoms with Gasteiger partial charge in [0.1, 0.15) is 5.82 Å². The van der Waals surface area contributed by atoms with Crippen molar-refractivity contribution < 1.29 is 14.7 Å². The molecule has 10 nitrogen and oxygen atoms in total. The molecule has 0 aliphatic carbocycles. The van der Waals surface area contributed by atoms with E-state index in [1.165, 1.54) is 51.4 Å². The van der Waals surface area contributed by atoms with Gasteiger partial charge in [-0.15, -0.1) is 10.1 Å². The maximum atomic E-state index is 12.5. The number of piperazine rings is 1. The van der Waals surface area contributed by atoms with Gasteiger partial charge in [-0.05, 0) is 38.3 Å². The van der Waals surface area contributed by atoms with E-state index >= 15 is 0 Å². The molecule has 0 saturated carbocycles. The normalized spacial score (nSPS) is 14.7. The predicted molar refractivity (Wildman–Crippen MR) is 160 cm³/mol. The standard InChI is InChI=1S/C30H52N5O5/c1-3-27(2)32-21-23-33(24-22-32)29-19-18-28(26-31-29)30(36)34(37)20-16-14-12-10-8-6-4-5-7-9-11-13-15-17-25-40-35(38)39/h18-19,26-27H,3-17,20-25H2,1-2H3/q-1. The first-order valence-electron chi connectivity index (χ1n) is 15.6. The van der Waals surface area contributed by atoms with Crippen LogP contribution in [0.2, 0.25) is 0 Å². The first-order chi connectivity index (χ1) is 19.4. The number of hydrogen-bond donors (Lipinski definition) is 0. The lowest BCUT2D eigenvalue weighted by molar-refractivity contribution is -0.757. The Labute approximate surface area is 241 Å². The van der Waals surface area contributed by atoms with Gasteiger partial charge in [0.05, 0.1) is 12.2 Å². The number of nitrogens with zero attached hydrogens (tertiary/aromatic N) is 5. The molecule has 0 bridgehead atoms. The molecule has 1 aromatic rings. The average molecular weight is 563 g/mol. The molecule has 228 valence electrons. The van der Waals surface area contributed by atoms with Crippen LogP contribution in [0.25, 0.3) is 0 Å². The van der Waals surface area contributed by atoms with Crippen molar-refractivity contribution in [1.29, 1.82) is 0 Å². The summed E-state index contributed by atoms with van der Waals surface area (Å²) in [7, 11) is 0. The molecule has 1 fully saturated rings. The first kappa shape index (κ1) is 33.7. The summed E-state index contributed by atoms with van der Waals surface area (Å²) in [6.07, 6.45) is 18.2. The van der Waals surface area contributed by atoms with Crippen LogP contribution in [0.15, 0.2) is 18.3 Å². The third-order valence-electron chi connectivity index (χ3n) is 8.03. The molecule has 1 unspecified atom stereocenters. The maximum Gasteiger partial charge on any atom is 0.294 e. The van der Waals surface area contributed by atoms with Gasteiger partial charge in [0.25, 0.3) is 5.09 Å². The third-order valence-corrected chi connectivity index (χ3v) is 8.03. The smallest absolute Gasteiger partial charge is 0.294 e. The Morgan fingerprint density at radius 3 is 1.93 bits per heavy atom. The van der Waals surface area contributed by atoms with Crippen molar-refractivity contribution in [2.75, 3.05) is 44.2 Å². The number of hydroxylamine groups is 2. The molecule has 1 atom stereocenters. The van der Waals surface area contributed by atoms with Gasteiger partial charge in [0.15, 0.2) is 0 Å². The summed E-state index contributed by atoms with van der Waals surface area (Å²) in [6.45, 7) is 8.81. The van der Waals surface area contributed by atoms with E-state index in [0.29, 0.717) is 16.7 Å². The van der Waals surface area contributed by atoms with Gasteiger partial charge in [0, 0.05) is 45.0 Å². The molecule has 1 amide bonds. The van der Waals surface area contributed by atoms with E-state index in [4.69, 9.17) is 0 Å². The topological polar surface area (TPSA) is 115 Å². The molecular formula is C30H52N5O5-. The fraction of sp³-hybridized carbons (Fsp3) is 0.800. The summed E-state index contributed by atoms with van der Waals surface area (Å²) in [4.78, 5) is 36.1. The molecule has 2 rings (SSSR count). The van der Waals surface area contributed by atoms with Gasteiger partial charge in [-0.3, -0.25) is 9.69 Å². The van der Waals surface area contributed by atoms with Crippen molar-refractivity contribution in [1.82, 2.24) is 14.9 Å². The van der Waals surface area contributed by atoms with Crippen LogP contribution in [-0.2, 0) is 4.84 Å². The number of anilines is 1. The van der Waals surface area contributed by atoms with Crippen LogP contribution in [0.1, 0.15) is 121 Å². The Bertz CT molecular complexity index is 817. The quantitative estimate of drug-likeness (QED) is 0.0880. The summed E-state index contributed by atoms with van der Waals surface area (Å²) in [5.41, 5.74) is 0.360. The second kappa shape index (κ2) is 20.4. The Balaban J connectivity index is 1.44. The van der Waals surface area contributed by atoms with Crippen molar-refractivity contribution in [3.8, 4) is 0 Å². The molecule has 10 heteroatoms. The van der Waals surface area contributed by atoms with Gasteiger partial charge in [-0.1, -0.05) is 84.0 Å². The Kier molecular flexibility index (Phi) is 17.2. The zero-order valence-corrected chi connectivity index (χ0v) is 24.9. The molecule has 0 N–H and O–H groups in total. The molecule has 0 radical (unpaired) electrons. The number of aromatic nitrogens is 1. The monoisotopic (exact) mass is 562 g/mol. The van der Waals surface area contributed by atoms with Crippen LogP contribution in [0.3, 0.4) is 0 Å². The lowest BCUT2D eigenvalue weighted by Crippen LogP contribution is -2.49. The first-order valence-corrected chi connectivity index (χ1v) is 15.6. The Morgan fingerprint density at radius 2 is 1.45 bits per heavy atom. The lowest BCUT2D eigenvalue weighted by Gasteiger charge is -2.38. The zero-order chi connectivity index (χ0) is 29.0. The van der Waals surface area contributed by atoms with Gasteiger partial charge in [-0.2, -0.15) is 0 Å². The third kappa shape index (κ3) is 13.7. The fourth-order valence-corrected chi connectivity index (χ4v) is 5.21. The predicted octanol–water partition coefficient (Wildman–Crippen LogP) is 6.61. The van der Waals surface area contributed by atoms with Gasteiger partial charge in [0.2, 0.25) is 5.91 Å². The number of rotatable bonds is 22. The summed E-state index contributed by atoms with van der Waals surface area (Å²) in [6, 6.07) is 4.19. The van der Waals surface area contributed by atoms with Crippen molar-refractivity contribution in [2.24, 2.45) is 0 Å². The molecule has 0 spiro atoms. The van der Waals surface area contributed by atoms with E-state index in [-0.39, 0.29) is 13.2 Å². The molecular weight excluding hydrogens is 510 g/mol. The minimum Gasteiger partial charge on any atom is -0.756 e. The van der Waals surface area contributed by atoms with Gasteiger partial charge in [-0.25, -0.2) is 4.98 Å². The molecule has 1 aromatic heterocycles. The number of carbonyl (C=O) groups excluding carboxylic acids is 1. The van der Waals surface area contributed by atoms with E-state index in [9.17, 15) is 20.1 Å².